The van der Waals surface area contributed by atoms with Crippen LogP contribution >= 0.6 is 11.8 Å². The molecule has 2 heterocycles. The number of hydrogen-bond donors (Lipinski definition) is 0. The van der Waals surface area contributed by atoms with Gasteiger partial charge in [0.15, 0.2) is 0 Å². The number of carbonyl (C=O) groups excluding carboxylic acids is 2. The van der Waals surface area contributed by atoms with Crippen LogP contribution in [0.5, 0.6) is 0 Å². The number of hydrogen-bond acceptors (Lipinski definition) is 4. The minimum absolute atomic E-state index is 0.0111. The standard InChI is InChI=1S/C24H19N3O2S/c1-16-13-20(17(2)26(16)18-9-5-3-6-10-18)23(29)21(14-25)24-27(22(28)15-30-24)19-11-7-4-8-12-19/h3-13H,15H2,1-2H3/b24-21+. The Morgan fingerprint density at radius 1 is 1.00 bits per heavy atom. The molecule has 0 radical (unpaired) electrons. The molecule has 0 atom stereocenters. The van der Waals surface area contributed by atoms with E-state index in [9.17, 15) is 14.9 Å². The fourth-order valence-electron chi connectivity index (χ4n) is 3.69. The van der Waals surface area contributed by atoms with Crippen molar-refractivity contribution in [3.8, 4) is 11.8 Å². The van der Waals surface area contributed by atoms with Crippen LogP contribution in [0.15, 0.2) is 77.3 Å². The second-order valence-electron chi connectivity index (χ2n) is 6.93. The number of nitriles is 1. The minimum Gasteiger partial charge on any atom is -0.318 e. The summed E-state index contributed by atoms with van der Waals surface area (Å²) in [5, 5.41) is 10.3. The predicted octanol–water partition coefficient (Wildman–Crippen LogP) is 4.79. The highest BCUT2D eigenvalue weighted by Crippen LogP contribution is 2.37. The number of aromatic nitrogens is 1. The Labute approximate surface area is 179 Å². The zero-order valence-corrected chi connectivity index (χ0v) is 17.4. The van der Waals surface area contributed by atoms with Crippen LogP contribution in [0.1, 0.15) is 21.7 Å². The van der Waals surface area contributed by atoms with Crippen molar-refractivity contribution in [1.82, 2.24) is 4.57 Å². The van der Waals surface area contributed by atoms with Gasteiger partial charge in [-0.1, -0.05) is 48.2 Å². The van der Waals surface area contributed by atoms with E-state index in [1.54, 1.807) is 18.2 Å². The summed E-state index contributed by atoms with van der Waals surface area (Å²) in [6.45, 7) is 3.80. The number of rotatable bonds is 4. The molecule has 5 nitrogen and oxygen atoms in total. The number of ketones is 1. The van der Waals surface area contributed by atoms with Crippen molar-refractivity contribution >= 4 is 29.1 Å². The van der Waals surface area contributed by atoms with Gasteiger partial charge in [0, 0.05) is 28.3 Å². The van der Waals surface area contributed by atoms with Crippen molar-refractivity contribution in [3.63, 3.8) is 0 Å². The predicted molar refractivity (Wildman–Crippen MR) is 119 cm³/mol. The third kappa shape index (κ3) is 3.34. The maximum atomic E-state index is 13.4. The molecule has 0 bridgehead atoms. The lowest BCUT2D eigenvalue weighted by Gasteiger charge is -2.18. The molecule has 4 rings (SSSR count). The van der Waals surface area contributed by atoms with Crippen molar-refractivity contribution in [2.75, 3.05) is 10.7 Å². The summed E-state index contributed by atoms with van der Waals surface area (Å²) in [5.41, 5.74) is 3.72. The number of thioether (sulfide) groups is 1. The summed E-state index contributed by atoms with van der Waals surface area (Å²) >= 11 is 1.23. The van der Waals surface area contributed by atoms with E-state index in [0.717, 1.165) is 17.1 Å². The van der Waals surface area contributed by atoms with Gasteiger partial charge in [0.05, 0.1) is 5.75 Å². The molecule has 3 aromatic rings. The molecule has 0 unspecified atom stereocenters. The quantitative estimate of drug-likeness (QED) is 0.350. The van der Waals surface area contributed by atoms with Crippen LogP contribution in [0.25, 0.3) is 5.69 Å². The number of nitrogens with zero attached hydrogens (tertiary/aromatic N) is 3. The fourth-order valence-corrected chi connectivity index (χ4v) is 4.70. The molecule has 1 aliphatic rings. The van der Waals surface area contributed by atoms with Gasteiger partial charge in [-0.05, 0) is 44.2 Å². The number of Topliss-reactive ketones (excluding diaryl/α,β-unsaturated/α-hetero) is 1. The molecule has 148 valence electrons. The number of anilines is 1. The SMILES string of the molecule is Cc1cc(C(=O)/C(C#N)=C2/SCC(=O)N2c2ccccc2)c(C)n1-c1ccccc1. The third-order valence-corrected chi connectivity index (χ3v) is 6.09. The van der Waals surface area contributed by atoms with Gasteiger partial charge in [-0.25, -0.2) is 0 Å². The van der Waals surface area contributed by atoms with Crippen LogP contribution in [0.2, 0.25) is 0 Å². The molecule has 1 amide bonds. The number of para-hydroxylation sites is 2. The first kappa shape index (κ1) is 19.7. The number of aryl methyl sites for hydroxylation is 1. The Morgan fingerprint density at radius 3 is 2.20 bits per heavy atom. The van der Waals surface area contributed by atoms with Crippen molar-refractivity contribution < 1.29 is 9.59 Å². The monoisotopic (exact) mass is 413 g/mol. The summed E-state index contributed by atoms with van der Waals surface area (Å²) in [4.78, 5) is 27.4. The highest BCUT2D eigenvalue weighted by molar-refractivity contribution is 8.04. The van der Waals surface area contributed by atoms with Crippen LogP contribution in [-0.4, -0.2) is 22.0 Å². The van der Waals surface area contributed by atoms with E-state index in [1.165, 1.54) is 16.7 Å². The fraction of sp³-hybridized carbons (Fsp3) is 0.125. The molecule has 0 spiro atoms. The van der Waals surface area contributed by atoms with Gasteiger partial charge in [-0.2, -0.15) is 5.26 Å². The van der Waals surface area contributed by atoms with E-state index in [2.05, 4.69) is 6.07 Å². The molecular formula is C24H19N3O2S. The van der Waals surface area contributed by atoms with E-state index in [1.807, 2.05) is 66.9 Å². The largest absolute Gasteiger partial charge is 0.318 e. The van der Waals surface area contributed by atoms with E-state index in [0.29, 0.717) is 16.3 Å². The van der Waals surface area contributed by atoms with Gasteiger partial charge in [0.25, 0.3) is 0 Å². The maximum absolute atomic E-state index is 13.4. The van der Waals surface area contributed by atoms with Crippen LogP contribution < -0.4 is 4.90 Å². The average molecular weight is 414 g/mol. The first-order valence-corrected chi connectivity index (χ1v) is 10.5. The van der Waals surface area contributed by atoms with Gasteiger partial charge in [0.1, 0.15) is 16.7 Å². The van der Waals surface area contributed by atoms with E-state index < -0.39 is 0 Å². The van der Waals surface area contributed by atoms with Crippen molar-refractivity contribution in [3.05, 3.63) is 94.3 Å². The number of allylic oxidation sites excluding steroid dienone is 1. The lowest BCUT2D eigenvalue weighted by atomic mass is 10.0. The number of amides is 1. The van der Waals surface area contributed by atoms with Gasteiger partial charge in [0.2, 0.25) is 11.7 Å². The molecule has 1 aliphatic heterocycles. The van der Waals surface area contributed by atoms with E-state index in [-0.39, 0.29) is 23.0 Å². The Morgan fingerprint density at radius 2 is 1.60 bits per heavy atom. The van der Waals surface area contributed by atoms with E-state index in [4.69, 9.17) is 0 Å². The zero-order valence-electron chi connectivity index (χ0n) is 16.6. The first-order valence-electron chi connectivity index (χ1n) is 9.47. The van der Waals surface area contributed by atoms with Gasteiger partial charge >= 0.3 is 0 Å². The molecule has 6 heteroatoms. The summed E-state index contributed by atoms with van der Waals surface area (Å²) in [6, 6.07) is 22.7. The van der Waals surface area contributed by atoms with Gasteiger partial charge in [-0.15, -0.1) is 0 Å². The Hall–Kier alpha value is -3.56. The van der Waals surface area contributed by atoms with Crippen LogP contribution in [0.3, 0.4) is 0 Å². The smallest absolute Gasteiger partial charge is 0.242 e. The first-order chi connectivity index (χ1) is 14.5. The van der Waals surface area contributed by atoms with Crippen molar-refractivity contribution in [1.29, 1.82) is 5.26 Å². The second kappa shape index (κ2) is 8.05. The Kier molecular flexibility index (Phi) is 5.30. The highest BCUT2D eigenvalue weighted by Gasteiger charge is 2.34. The van der Waals surface area contributed by atoms with Crippen LogP contribution in [0.4, 0.5) is 5.69 Å². The molecule has 2 aromatic carbocycles. The van der Waals surface area contributed by atoms with Crippen molar-refractivity contribution in [2.24, 2.45) is 0 Å². The highest BCUT2D eigenvalue weighted by atomic mass is 32.2. The van der Waals surface area contributed by atoms with Crippen LogP contribution in [-0.2, 0) is 4.79 Å². The van der Waals surface area contributed by atoms with Crippen molar-refractivity contribution in [2.45, 2.75) is 13.8 Å². The third-order valence-electron chi connectivity index (χ3n) is 5.04. The maximum Gasteiger partial charge on any atom is 0.242 e. The lowest BCUT2D eigenvalue weighted by Crippen LogP contribution is -2.25. The van der Waals surface area contributed by atoms with E-state index >= 15 is 0 Å². The summed E-state index contributed by atoms with van der Waals surface area (Å²) in [7, 11) is 0. The van der Waals surface area contributed by atoms with Crippen LogP contribution in [0, 0.1) is 25.2 Å². The lowest BCUT2D eigenvalue weighted by molar-refractivity contribution is -0.115. The second-order valence-corrected chi connectivity index (χ2v) is 7.89. The molecule has 0 N–H and O–H groups in total. The molecule has 1 aromatic heterocycles. The minimum atomic E-state index is -0.370. The summed E-state index contributed by atoms with van der Waals surface area (Å²) in [6.07, 6.45) is 0. The zero-order chi connectivity index (χ0) is 21.3. The average Bonchev–Trinajstić information content (AvgIpc) is 3.29. The number of benzene rings is 2. The summed E-state index contributed by atoms with van der Waals surface area (Å²) < 4.78 is 1.99. The van der Waals surface area contributed by atoms with Gasteiger partial charge in [-0.3, -0.25) is 14.5 Å². The molecule has 1 fully saturated rings. The summed E-state index contributed by atoms with van der Waals surface area (Å²) in [5.74, 6) is -0.312. The topological polar surface area (TPSA) is 66.1 Å². The molecule has 0 saturated carbocycles. The normalized spacial score (nSPS) is 15.2. The molecule has 30 heavy (non-hydrogen) atoms. The molecule has 1 saturated heterocycles. The molecule has 0 aliphatic carbocycles. The Balaban J connectivity index is 1.81. The Bertz CT molecular complexity index is 1200. The molecular weight excluding hydrogens is 394 g/mol. The van der Waals surface area contributed by atoms with Gasteiger partial charge < -0.3 is 4.57 Å². The number of carbonyl (C=O) groups is 2.